The molecular formula is C28H27N3O5. The van der Waals surface area contributed by atoms with E-state index in [0.29, 0.717) is 39.4 Å². The summed E-state index contributed by atoms with van der Waals surface area (Å²) in [6.45, 7) is 1.83. The highest BCUT2D eigenvalue weighted by Gasteiger charge is 2.16. The zero-order valence-electron chi connectivity index (χ0n) is 20.3. The number of rotatable bonds is 8. The van der Waals surface area contributed by atoms with Crippen LogP contribution >= 0.6 is 0 Å². The van der Waals surface area contributed by atoms with Crippen molar-refractivity contribution in [2.24, 2.45) is 0 Å². The molecule has 4 aromatic rings. The second kappa shape index (κ2) is 11.2. The van der Waals surface area contributed by atoms with Gasteiger partial charge < -0.3 is 14.2 Å². The van der Waals surface area contributed by atoms with Gasteiger partial charge in [-0.05, 0) is 54.4 Å². The number of fused-ring (bicyclic) bond motifs is 1. The molecule has 0 unspecified atom stereocenters. The van der Waals surface area contributed by atoms with Crippen LogP contribution in [0.3, 0.4) is 0 Å². The molecule has 0 fully saturated rings. The number of benzene rings is 3. The van der Waals surface area contributed by atoms with Gasteiger partial charge in [0.15, 0.2) is 18.1 Å². The molecule has 0 saturated carbocycles. The molecule has 2 N–H and O–H groups in total. The van der Waals surface area contributed by atoms with Crippen molar-refractivity contribution in [3.8, 4) is 28.5 Å². The number of nitrogens with one attached hydrogen (secondary N) is 2. The van der Waals surface area contributed by atoms with Gasteiger partial charge in [-0.3, -0.25) is 20.4 Å². The van der Waals surface area contributed by atoms with Crippen LogP contribution in [-0.4, -0.2) is 37.6 Å². The Labute approximate surface area is 209 Å². The molecule has 2 amide bonds. The summed E-state index contributed by atoms with van der Waals surface area (Å²) in [6, 6.07) is 21.9. The van der Waals surface area contributed by atoms with Gasteiger partial charge in [0.05, 0.1) is 31.0 Å². The molecule has 3 aromatic carbocycles. The van der Waals surface area contributed by atoms with Crippen molar-refractivity contribution in [2.45, 2.75) is 13.3 Å². The predicted octanol–water partition coefficient (Wildman–Crippen LogP) is 4.32. The highest BCUT2D eigenvalue weighted by Crippen LogP contribution is 2.33. The van der Waals surface area contributed by atoms with Crippen molar-refractivity contribution < 1.29 is 23.8 Å². The van der Waals surface area contributed by atoms with Crippen LogP contribution < -0.4 is 25.1 Å². The fourth-order valence-electron chi connectivity index (χ4n) is 3.71. The van der Waals surface area contributed by atoms with Gasteiger partial charge in [-0.25, -0.2) is 4.98 Å². The fourth-order valence-corrected chi connectivity index (χ4v) is 3.71. The Morgan fingerprint density at radius 1 is 0.861 bits per heavy atom. The van der Waals surface area contributed by atoms with Gasteiger partial charge in [0.2, 0.25) is 0 Å². The second-order valence-corrected chi connectivity index (χ2v) is 7.93. The van der Waals surface area contributed by atoms with Gasteiger partial charge in [0.1, 0.15) is 5.75 Å². The summed E-state index contributed by atoms with van der Waals surface area (Å²) in [5.74, 6) is 0.754. The standard InChI is InChI=1S/C28H27N3O5/c1-4-18-9-12-20(13-10-18)36-17-27(32)30-31-28(33)22-16-24(29-23-8-6-5-7-21(22)23)19-11-14-25(34-2)26(15-19)35-3/h5-16H,4,17H2,1-3H3,(H,30,32)(H,31,33). The topological polar surface area (TPSA) is 98.8 Å². The lowest BCUT2D eigenvalue weighted by molar-refractivity contribution is -0.123. The molecule has 0 aliphatic rings. The summed E-state index contributed by atoms with van der Waals surface area (Å²) in [7, 11) is 3.12. The number of para-hydroxylation sites is 1. The third-order valence-electron chi connectivity index (χ3n) is 5.66. The average Bonchev–Trinajstić information content (AvgIpc) is 2.93. The van der Waals surface area contributed by atoms with Crippen LogP contribution in [0.5, 0.6) is 17.2 Å². The molecule has 0 aliphatic carbocycles. The molecule has 0 bridgehead atoms. The lowest BCUT2D eigenvalue weighted by Crippen LogP contribution is -2.43. The van der Waals surface area contributed by atoms with E-state index in [4.69, 9.17) is 19.2 Å². The number of hydrazine groups is 1. The molecule has 184 valence electrons. The van der Waals surface area contributed by atoms with Crippen molar-refractivity contribution in [3.63, 3.8) is 0 Å². The molecule has 4 rings (SSSR count). The molecule has 8 heteroatoms. The van der Waals surface area contributed by atoms with E-state index in [-0.39, 0.29) is 6.61 Å². The third kappa shape index (κ3) is 5.55. The highest BCUT2D eigenvalue weighted by atomic mass is 16.5. The van der Waals surface area contributed by atoms with E-state index in [1.54, 1.807) is 38.5 Å². The Bertz CT molecular complexity index is 1390. The minimum absolute atomic E-state index is 0.236. The number of carbonyl (C=O) groups excluding carboxylic acids is 2. The number of nitrogens with zero attached hydrogens (tertiary/aromatic N) is 1. The number of aromatic nitrogens is 1. The predicted molar refractivity (Wildman–Crippen MR) is 137 cm³/mol. The Kier molecular flexibility index (Phi) is 7.65. The van der Waals surface area contributed by atoms with Gasteiger partial charge in [-0.1, -0.05) is 37.3 Å². The summed E-state index contributed by atoms with van der Waals surface area (Å²) >= 11 is 0. The Hall–Kier alpha value is -4.59. The van der Waals surface area contributed by atoms with E-state index in [1.807, 2.05) is 48.5 Å². The smallest absolute Gasteiger partial charge is 0.276 e. The van der Waals surface area contributed by atoms with Crippen LogP contribution in [0.15, 0.2) is 72.8 Å². The maximum Gasteiger partial charge on any atom is 0.276 e. The van der Waals surface area contributed by atoms with Gasteiger partial charge >= 0.3 is 0 Å². The molecular weight excluding hydrogens is 458 g/mol. The van der Waals surface area contributed by atoms with Crippen LogP contribution in [0, 0.1) is 0 Å². The summed E-state index contributed by atoms with van der Waals surface area (Å²) in [4.78, 5) is 30.1. The van der Waals surface area contributed by atoms with Gasteiger partial charge in [0.25, 0.3) is 11.8 Å². The van der Waals surface area contributed by atoms with Crippen LogP contribution in [0.1, 0.15) is 22.8 Å². The molecule has 0 radical (unpaired) electrons. The van der Waals surface area contributed by atoms with E-state index in [0.717, 1.165) is 12.0 Å². The van der Waals surface area contributed by atoms with E-state index in [2.05, 4.69) is 17.8 Å². The molecule has 0 spiro atoms. The number of amides is 2. The van der Waals surface area contributed by atoms with E-state index < -0.39 is 11.8 Å². The number of pyridine rings is 1. The molecule has 1 aromatic heterocycles. The van der Waals surface area contributed by atoms with Crippen LogP contribution in [0.25, 0.3) is 22.2 Å². The quantitative estimate of drug-likeness (QED) is 0.361. The molecule has 0 aliphatic heterocycles. The number of hydrogen-bond donors (Lipinski definition) is 2. The fraction of sp³-hybridized carbons (Fsp3) is 0.179. The average molecular weight is 486 g/mol. The third-order valence-corrected chi connectivity index (χ3v) is 5.66. The first-order valence-corrected chi connectivity index (χ1v) is 11.5. The SMILES string of the molecule is CCc1ccc(OCC(=O)NNC(=O)c2cc(-c3ccc(OC)c(OC)c3)nc3ccccc23)cc1. The van der Waals surface area contributed by atoms with Crippen molar-refractivity contribution in [1.29, 1.82) is 0 Å². The van der Waals surface area contributed by atoms with Crippen LogP contribution in [-0.2, 0) is 11.2 Å². The number of ether oxygens (including phenoxy) is 3. The van der Waals surface area contributed by atoms with Crippen molar-refractivity contribution in [3.05, 3.63) is 83.9 Å². The maximum atomic E-state index is 13.1. The molecule has 0 atom stereocenters. The Morgan fingerprint density at radius 3 is 2.33 bits per heavy atom. The van der Waals surface area contributed by atoms with Crippen molar-refractivity contribution in [2.75, 3.05) is 20.8 Å². The number of methoxy groups -OCH3 is 2. The highest BCUT2D eigenvalue weighted by molar-refractivity contribution is 6.07. The molecule has 0 saturated heterocycles. The van der Waals surface area contributed by atoms with E-state index in [9.17, 15) is 9.59 Å². The zero-order chi connectivity index (χ0) is 25.5. The van der Waals surface area contributed by atoms with Gasteiger partial charge in [-0.2, -0.15) is 0 Å². The van der Waals surface area contributed by atoms with Crippen LogP contribution in [0.2, 0.25) is 0 Å². The summed E-state index contributed by atoms with van der Waals surface area (Å²) in [5.41, 5.74) is 8.39. The lowest BCUT2D eigenvalue weighted by atomic mass is 10.0. The zero-order valence-corrected chi connectivity index (χ0v) is 20.3. The summed E-state index contributed by atoms with van der Waals surface area (Å²) in [5, 5.41) is 0.653. The van der Waals surface area contributed by atoms with Crippen molar-refractivity contribution in [1.82, 2.24) is 15.8 Å². The summed E-state index contributed by atoms with van der Waals surface area (Å²) in [6.07, 6.45) is 0.921. The Balaban J connectivity index is 1.51. The normalized spacial score (nSPS) is 10.5. The van der Waals surface area contributed by atoms with Gasteiger partial charge in [-0.15, -0.1) is 0 Å². The monoisotopic (exact) mass is 485 g/mol. The first-order chi connectivity index (χ1) is 17.5. The molecule has 1 heterocycles. The second-order valence-electron chi connectivity index (χ2n) is 7.93. The van der Waals surface area contributed by atoms with Gasteiger partial charge in [0, 0.05) is 10.9 Å². The lowest BCUT2D eigenvalue weighted by Gasteiger charge is -2.13. The summed E-state index contributed by atoms with van der Waals surface area (Å²) < 4.78 is 16.2. The number of carbonyl (C=O) groups is 2. The number of aryl methyl sites for hydroxylation is 1. The Morgan fingerprint density at radius 2 is 1.61 bits per heavy atom. The van der Waals surface area contributed by atoms with Crippen LogP contribution in [0.4, 0.5) is 0 Å². The van der Waals surface area contributed by atoms with E-state index in [1.165, 1.54) is 5.56 Å². The minimum Gasteiger partial charge on any atom is -0.493 e. The largest absolute Gasteiger partial charge is 0.493 e. The molecule has 36 heavy (non-hydrogen) atoms. The first kappa shape index (κ1) is 24.5. The van der Waals surface area contributed by atoms with Crippen molar-refractivity contribution >= 4 is 22.7 Å². The maximum absolute atomic E-state index is 13.1. The van der Waals surface area contributed by atoms with E-state index >= 15 is 0 Å². The number of hydrogen-bond acceptors (Lipinski definition) is 6. The molecule has 8 nitrogen and oxygen atoms in total. The first-order valence-electron chi connectivity index (χ1n) is 11.5. The minimum atomic E-state index is -0.485.